The zero-order valence-electron chi connectivity index (χ0n) is 13.1. The zero-order valence-corrected chi connectivity index (χ0v) is 13.1. The summed E-state index contributed by atoms with van der Waals surface area (Å²) in [7, 11) is 4.14. The predicted octanol–water partition coefficient (Wildman–Crippen LogP) is 0.193. The van der Waals surface area contributed by atoms with E-state index in [0.717, 1.165) is 19.6 Å². The molecule has 1 N–H and O–H groups in total. The molecule has 0 spiro atoms. The van der Waals surface area contributed by atoms with Gasteiger partial charge in [-0.2, -0.15) is 0 Å². The van der Waals surface area contributed by atoms with Crippen molar-refractivity contribution in [3.05, 3.63) is 0 Å². The van der Waals surface area contributed by atoms with Crippen LogP contribution in [0.3, 0.4) is 0 Å². The molecule has 2 rings (SSSR count). The summed E-state index contributed by atoms with van der Waals surface area (Å²) in [4.78, 5) is 29.4. The van der Waals surface area contributed by atoms with Crippen molar-refractivity contribution in [1.82, 2.24) is 14.7 Å². The van der Waals surface area contributed by atoms with Gasteiger partial charge in [0.1, 0.15) is 0 Å². The number of nitrogens with zero attached hydrogens (tertiary/aromatic N) is 3. The lowest BCUT2D eigenvalue weighted by Crippen LogP contribution is -2.45. The van der Waals surface area contributed by atoms with E-state index in [4.69, 9.17) is 5.11 Å². The summed E-state index contributed by atoms with van der Waals surface area (Å²) in [5.74, 6) is -0.219. The summed E-state index contributed by atoms with van der Waals surface area (Å²) in [6, 6.07) is 0. The number of hydrogen-bond acceptors (Lipinski definition) is 4. The highest BCUT2D eigenvalue weighted by Gasteiger charge is 2.28. The zero-order chi connectivity index (χ0) is 15.4. The average molecular weight is 297 g/mol. The average Bonchev–Trinajstić information content (AvgIpc) is 2.83. The second-order valence-corrected chi connectivity index (χ2v) is 6.61. The summed E-state index contributed by atoms with van der Waals surface area (Å²) < 4.78 is 0. The Hall–Kier alpha value is -1.14. The van der Waals surface area contributed by atoms with Gasteiger partial charge in [-0.3, -0.25) is 14.5 Å². The number of rotatable bonds is 5. The fourth-order valence-electron chi connectivity index (χ4n) is 3.39. The second kappa shape index (κ2) is 7.22. The third-order valence-corrected chi connectivity index (χ3v) is 4.66. The molecule has 0 aromatic carbocycles. The fraction of sp³-hybridized carbons (Fsp3) is 0.867. The van der Waals surface area contributed by atoms with Gasteiger partial charge >= 0.3 is 5.97 Å². The number of carbonyl (C=O) groups excluding carboxylic acids is 1. The number of aliphatic carboxylic acids is 1. The number of likely N-dealkylation sites (tertiary alicyclic amines) is 2. The molecule has 6 heteroatoms. The van der Waals surface area contributed by atoms with Crippen LogP contribution in [0, 0.1) is 11.8 Å². The van der Waals surface area contributed by atoms with E-state index in [9.17, 15) is 9.59 Å². The number of carboxylic acid groups (broad SMARTS) is 1. The molecule has 1 unspecified atom stereocenters. The lowest BCUT2D eigenvalue weighted by molar-refractivity contribution is -0.145. The number of piperidine rings is 1. The third kappa shape index (κ3) is 4.68. The van der Waals surface area contributed by atoms with E-state index in [2.05, 4.69) is 16.8 Å². The van der Waals surface area contributed by atoms with Crippen molar-refractivity contribution in [1.29, 1.82) is 0 Å². The van der Waals surface area contributed by atoms with Gasteiger partial charge in [0, 0.05) is 26.2 Å². The van der Waals surface area contributed by atoms with E-state index in [1.54, 1.807) is 0 Å². The van der Waals surface area contributed by atoms with E-state index in [1.807, 2.05) is 11.9 Å². The molecule has 1 atom stereocenters. The quantitative estimate of drug-likeness (QED) is 0.785. The molecule has 0 aliphatic carbocycles. The Labute approximate surface area is 126 Å². The summed E-state index contributed by atoms with van der Waals surface area (Å²) in [6.45, 7) is 4.82. The summed E-state index contributed by atoms with van der Waals surface area (Å²) in [5.41, 5.74) is 0. The topological polar surface area (TPSA) is 64.1 Å². The largest absolute Gasteiger partial charge is 0.481 e. The first kappa shape index (κ1) is 16.2. The lowest BCUT2D eigenvalue weighted by atomic mass is 9.97. The molecule has 0 saturated carbocycles. The van der Waals surface area contributed by atoms with Crippen LogP contribution in [0.15, 0.2) is 0 Å². The van der Waals surface area contributed by atoms with Gasteiger partial charge in [0.05, 0.1) is 12.5 Å². The predicted molar refractivity (Wildman–Crippen MR) is 80.0 cm³/mol. The molecule has 0 aromatic rings. The van der Waals surface area contributed by atoms with Crippen LogP contribution in [0.1, 0.15) is 19.3 Å². The van der Waals surface area contributed by atoms with Crippen LogP contribution in [-0.4, -0.2) is 85.0 Å². The Kier molecular flexibility index (Phi) is 5.58. The first-order valence-corrected chi connectivity index (χ1v) is 7.83. The number of carbonyl (C=O) groups is 2. The first-order chi connectivity index (χ1) is 9.95. The minimum atomic E-state index is -0.732. The Morgan fingerprint density at radius 3 is 2.38 bits per heavy atom. The van der Waals surface area contributed by atoms with Gasteiger partial charge in [-0.15, -0.1) is 0 Å². The molecule has 1 amide bonds. The lowest BCUT2D eigenvalue weighted by Gasteiger charge is -2.31. The molecular weight excluding hydrogens is 270 g/mol. The van der Waals surface area contributed by atoms with Crippen molar-refractivity contribution in [3.63, 3.8) is 0 Å². The van der Waals surface area contributed by atoms with E-state index >= 15 is 0 Å². The number of hydrogen-bond donors (Lipinski definition) is 1. The molecule has 0 radical (unpaired) electrons. The van der Waals surface area contributed by atoms with Crippen molar-refractivity contribution in [2.45, 2.75) is 19.3 Å². The third-order valence-electron chi connectivity index (χ3n) is 4.66. The molecule has 120 valence electrons. The minimum Gasteiger partial charge on any atom is -0.481 e. The van der Waals surface area contributed by atoms with Crippen LogP contribution in [0.5, 0.6) is 0 Å². The van der Waals surface area contributed by atoms with E-state index in [1.165, 1.54) is 6.42 Å². The molecule has 2 fully saturated rings. The smallest absolute Gasteiger partial charge is 0.306 e. The fourth-order valence-corrected chi connectivity index (χ4v) is 3.39. The molecular formula is C15H27N3O3. The normalized spacial score (nSPS) is 24.7. The minimum absolute atomic E-state index is 0.132. The van der Waals surface area contributed by atoms with Crippen LogP contribution in [-0.2, 0) is 9.59 Å². The van der Waals surface area contributed by atoms with E-state index in [0.29, 0.717) is 38.4 Å². The van der Waals surface area contributed by atoms with Gasteiger partial charge in [-0.05, 0) is 45.8 Å². The van der Waals surface area contributed by atoms with Gasteiger partial charge in [0.15, 0.2) is 0 Å². The Morgan fingerprint density at radius 2 is 1.86 bits per heavy atom. The highest BCUT2D eigenvalue weighted by Crippen LogP contribution is 2.18. The number of carboxylic acids is 1. The molecule has 21 heavy (non-hydrogen) atoms. The van der Waals surface area contributed by atoms with Crippen LogP contribution in [0.25, 0.3) is 0 Å². The molecule has 2 aliphatic heterocycles. The van der Waals surface area contributed by atoms with Crippen molar-refractivity contribution < 1.29 is 14.7 Å². The SMILES string of the molecule is CN1CCC(CN(C)CC(=O)N2CCC(C(=O)O)CC2)C1. The maximum atomic E-state index is 12.2. The molecule has 0 aromatic heterocycles. The molecule has 0 bridgehead atoms. The molecule has 6 nitrogen and oxygen atoms in total. The van der Waals surface area contributed by atoms with Crippen LogP contribution < -0.4 is 0 Å². The molecule has 2 heterocycles. The van der Waals surface area contributed by atoms with Crippen LogP contribution in [0.2, 0.25) is 0 Å². The standard InChI is InChI=1S/C15H27N3O3/c1-16-6-3-12(9-16)10-17(2)11-14(19)18-7-4-13(5-8-18)15(20)21/h12-13H,3-11H2,1-2H3,(H,20,21). The monoisotopic (exact) mass is 297 g/mol. The summed E-state index contributed by atoms with van der Waals surface area (Å²) in [6.07, 6.45) is 2.37. The summed E-state index contributed by atoms with van der Waals surface area (Å²) >= 11 is 0. The van der Waals surface area contributed by atoms with Crippen molar-refractivity contribution in [3.8, 4) is 0 Å². The number of amides is 1. The highest BCUT2D eigenvalue weighted by molar-refractivity contribution is 5.78. The van der Waals surface area contributed by atoms with Crippen molar-refractivity contribution >= 4 is 11.9 Å². The maximum Gasteiger partial charge on any atom is 0.306 e. The summed E-state index contributed by atoms with van der Waals surface area (Å²) in [5, 5.41) is 8.97. The Bertz CT molecular complexity index is 380. The number of likely N-dealkylation sites (N-methyl/N-ethyl adjacent to an activating group) is 1. The van der Waals surface area contributed by atoms with Gasteiger partial charge in [0.2, 0.25) is 5.91 Å². The maximum absolute atomic E-state index is 12.2. The second-order valence-electron chi connectivity index (χ2n) is 6.61. The van der Waals surface area contributed by atoms with Crippen molar-refractivity contribution in [2.24, 2.45) is 11.8 Å². The Balaban J connectivity index is 1.70. The van der Waals surface area contributed by atoms with Gasteiger partial charge in [-0.25, -0.2) is 0 Å². The molecule has 2 saturated heterocycles. The van der Waals surface area contributed by atoms with Gasteiger partial charge < -0.3 is 14.9 Å². The van der Waals surface area contributed by atoms with Crippen LogP contribution in [0.4, 0.5) is 0 Å². The van der Waals surface area contributed by atoms with Gasteiger partial charge in [-0.1, -0.05) is 0 Å². The van der Waals surface area contributed by atoms with Crippen molar-refractivity contribution in [2.75, 3.05) is 53.4 Å². The molecule has 2 aliphatic rings. The highest BCUT2D eigenvalue weighted by atomic mass is 16.4. The first-order valence-electron chi connectivity index (χ1n) is 7.83. The van der Waals surface area contributed by atoms with Crippen LogP contribution >= 0.6 is 0 Å². The van der Waals surface area contributed by atoms with E-state index in [-0.39, 0.29) is 11.8 Å². The van der Waals surface area contributed by atoms with E-state index < -0.39 is 5.97 Å². The van der Waals surface area contributed by atoms with Gasteiger partial charge in [0.25, 0.3) is 0 Å². The Morgan fingerprint density at radius 1 is 1.19 bits per heavy atom.